The average Bonchev–Trinajstić information content (AvgIpc) is 1.87. The molecule has 0 N–H and O–H groups in total. The fourth-order valence-corrected chi connectivity index (χ4v) is 1.10. The number of hydrogen-bond donors (Lipinski definition) is 0. The summed E-state index contributed by atoms with van der Waals surface area (Å²) in [5.41, 5.74) is 0. The predicted octanol–water partition coefficient (Wildman–Crippen LogP) is 0.806. The second-order valence-electron chi connectivity index (χ2n) is 1.47. The molecule has 1 aromatic heterocycles. The summed E-state index contributed by atoms with van der Waals surface area (Å²) < 4.78 is 0. The zero-order valence-electron chi connectivity index (χ0n) is 4.02. The Labute approximate surface area is 44.3 Å². The lowest BCUT2D eigenvalue weighted by Gasteiger charge is -1.64. The summed E-state index contributed by atoms with van der Waals surface area (Å²) in [5.74, 6) is 2.04. The fraction of sp³-hybridized carbons (Fsp3) is 0. The lowest BCUT2D eigenvalue weighted by molar-refractivity contribution is 1.81. The van der Waals surface area contributed by atoms with Gasteiger partial charge < -0.3 is 0 Å². The molecule has 0 aliphatic carbocycles. The number of rotatable bonds is 0. The van der Waals surface area contributed by atoms with Crippen molar-refractivity contribution in [2.45, 2.75) is 0 Å². The molecule has 0 nitrogen and oxygen atoms in total. The molecule has 0 saturated heterocycles. The maximum atomic E-state index is 3.74. The van der Waals surface area contributed by atoms with Crippen LogP contribution in [-0.2, 0) is 0 Å². The molecule has 1 rings (SSSR count). The molecule has 1 aromatic rings. The van der Waals surface area contributed by atoms with Crippen LogP contribution in [0.2, 0.25) is 0 Å². The summed E-state index contributed by atoms with van der Waals surface area (Å²) in [5, 5.41) is 1.09. The Hall–Kier alpha value is -0.480. The highest BCUT2D eigenvalue weighted by atomic mass is 31.0. The third-order valence-corrected chi connectivity index (χ3v) is 1.67. The van der Waals surface area contributed by atoms with Gasteiger partial charge in [-0.2, -0.15) is 13.2 Å². The minimum atomic E-state index is 1.09. The van der Waals surface area contributed by atoms with Crippen molar-refractivity contribution in [3.63, 3.8) is 0 Å². The molecule has 7 heavy (non-hydrogen) atoms. The maximum Gasteiger partial charge on any atom is -0.0959 e. The highest BCUT2D eigenvalue weighted by molar-refractivity contribution is 7.28. The monoisotopic (exact) mass is 109 g/mol. The third kappa shape index (κ3) is 0.942. The molecule has 1 heterocycles. The Bertz CT molecular complexity index is 208. The van der Waals surface area contributed by atoms with E-state index in [9.17, 15) is 0 Å². The van der Waals surface area contributed by atoms with Crippen molar-refractivity contribution < 1.29 is 0 Å². The summed E-state index contributed by atoms with van der Waals surface area (Å²) in [6.07, 6.45) is 0. The molecule has 0 bridgehead atoms. The Balaban J connectivity index is 3.59. The maximum absolute atomic E-state index is 3.74. The van der Waals surface area contributed by atoms with Crippen LogP contribution in [0.1, 0.15) is 0 Å². The first-order valence-corrected chi connectivity index (χ1v) is 3.02. The van der Waals surface area contributed by atoms with Crippen LogP contribution in [0.4, 0.5) is 0 Å². The van der Waals surface area contributed by atoms with Crippen LogP contribution in [0, 0.1) is 0 Å². The summed E-state index contributed by atoms with van der Waals surface area (Å²) in [6.45, 7) is 7.47. The number of hydrogen-bond acceptors (Lipinski definition) is 0. The topological polar surface area (TPSA) is 0 Å². The van der Waals surface area contributed by atoms with Gasteiger partial charge in [0.1, 0.15) is 0 Å². The van der Waals surface area contributed by atoms with Crippen LogP contribution in [-0.4, -0.2) is 0 Å². The van der Waals surface area contributed by atoms with E-state index >= 15 is 0 Å². The van der Waals surface area contributed by atoms with Crippen molar-refractivity contribution in [3.05, 3.63) is 22.0 Å². The van der Waals surface area contributed by atoms with Crippen LogP contribution in [0.25, 0.3) is 13.2 Å². The van der Waals surface area contributed by atoms with Gasteiger partial charge in [-0.15, -0.1) is 25.3 Å². The van der Waals surface area contributed by atoms with Crippen LogP contribution < -0.4 is 10.2 Å². The minimum Gasteiger partial charge on any atom is -0.171 e. The van der Waals surface area contributed by atoms with E-state index in [2.05, 4.69) is 13.2 Å². The van der Waals surface area contributed by atoms with Gasteiger partial charge in [-0.1, -0.05) is 4.95 Å². The normalized spacial score (nSPS) is 10.3. The zero-order chi connectivity index (χ0) is 5.28. The Morgan fingerprint density at radius 2 is 2.29 bits per heavy atom. The molecule has 0 aliphatic heterocycles. The summed E-state index contributed by atoms with van der Waals surface area (Å²) in [6, 6.07) is 1.99. The Kier molecular flexibility index (Phi) is 1.04. The molecular formula is C6H6P-. The van der Waals surface area contributed by atoms with Crippen molar-refractivity contribution in [2.24, 2.45) is 0 Å². The average molecular weight is 109 g/mol. The lowest BCUT2D eigenvalue weighted by atomic mass is 10.5. The molecule has 0 unspecified atom stereocenters. The van der Waals surface area contributed by atoms with Crippen molar-refractivity contribution >= 4 is 21.4 Å². The Morgan fingerprint density at radius 3 is 2.43 bits per heavy atom. The van der Waals surface area contributed by atoms with Crippen LogP contribution in [0.5, 0.6) is 0 Å². The predicted molar refractivity (Wildman–Crippen MR) is 34.8 cm³/mol. The molecule has 0 aliphatic rings. The van der Waals surface area contributed by atoms with E-state index in [0.717, 1.165) is 10.2 Å². The standard InChI is InChI=1S/C6H6P/c1-5-3-6(2)7-4-5/h3-4H,1-2H2/q-1. The molecule has 0 saturated carbocycles. The van der Waals surface area contributed by atoms with Crippen molar-refractivity contribution in [3.8, 4) is 0 Å². The zero-order valence-corrected chi connectivity index (χ0v) is 4.91. The van der Waals surface area contributed by atoms with Crippen molar-refractivity contribution in [2.75, 3.05) is 0 Å². The van der Waals surface area contributed by atoms with Gasteiger partial charge in [-0.25, -0.2) is 0 Å². The third-order valence-electron chi connectivity index (χ3n) is 0.748. The highest BCUT2D eigenvalue weighted by Crippen LogP contribution is 1.83. The molecular weight excluding hydrogens is 103 g/mol. The molecule has 36 valence electrons. The van der Waals surface area contributed by atoms with Crippen LogP contribution in [0.15, 0.2) is 11.9 Å². The fourth-order valence-electron chi connectivity index (χ4n) is 0.454. The molecule has 0 atom stereocenters. The summed E-state index contributed by atoms with van der Waals surface area (Å²) in [4.78, 5) is 1.14. The van der Waals surface area contributed by atoms with Gasteiger partial charge in [0.2, 0.25) is 0 Å². The molecule has 0 spiro atoms. The van der Waals surface area contributed by atoms with Gasteiger partial charge >= 0.3 is 0 Å². The second-order valence-corrected chi connectivity index (χ2v) is 2.56. The highest BCUT2D eigenvalue weighted by Gasteiger charge is 1.63. The van der Waals surface area contributed by atoms with Gasteiger partial charge in [0.25, 0.3) is 0 Å². The van der Waals surface area contributed by atoms with E-state index in [4.69, 9.17) is 0 Å². The molecule has 0 aromatic carbocycles. The molecule has 0 fully saturated rings. The second kappa shape index (κ2) is 1.55. The minimum absolute atomic E-state index is 1.09. The van der Waals surface area contributed by atoms with E-state index < -0.39 is 0 Å². The summed E-state index contributed by atoms with van der Waals surface area (Å²) in [7, 11) is 1.21. The quantitative estimate of drug-likeness (QED) is 0.432. The lowest BCUT2D eigenvalue weighted by Crippen LogP contribution is -1.91. The largest absolute Gasteiger partial charge is 0.171 e. The van der Waals surface area contributed by atoms with Gasteiger partial charge in [0.05, 0.1) is 0 Å². The van der Waals surface area contributed by atoms with Crippen molar-refractivity contribution in [1.82, 2.24) is 0 Å². The summed E-state index contributed by atoms with van der Waals surface area (Å²) >= 11 is 0. The van der Waals surface area contributed by atoms with Gasteiger partial charge in [-0.05, 0) is 0 Å². The van der Waals surface area contributed by atoms with Gasteiger partial charge in [-0.3, -0.25) is 0 Å². The van der Waals surface area contributed by atoms with E-state index in [1.54, 1.807) is 0 Å². The van der Waals surface area contributed by atoms with E-state index in [-0.39, 0.29) is 0 Å². The SMILES string of the molecule is C=c1cpc(=C)[cH-]1. The first-order chi connectivity index (χ1) is 3.29. The van der Waals surface area contributed by atoms with Crippen LogP contribution in [0.3, 0.4) is 0 Å². The van der Waals surface area contributed by atoms with E-state index in [1.807, 2.05) is 11.9 Å². The van der Waals surface area contributed by atoms with Gasteiger partial charge in [0, 0.05) is 0 Å². The van der Waals surface area contributed by atoms with E-state index in [0.29, 0.717) is 0 Å². The molecule has 0 amide bonds. The first-order valence-electron chi connectivity index (χ1n) is 2.05. The molecule has 1 heteroatoms. The smallest absolute Gasteiger partial charge is 0.0959 e. The van der Waals surface area contributed by atoms with Gasteiger partial charge in [0.15, 0.2) is 0 Å². The molecule has 0 radical (unpaired) electrons. The van der Waals surface area contributed by atoms with Crippen molar-refractivity contribution in [1.29, 1.82) is 0 Å². The van der Waals surface area contributed by atoms with Crippen LogP contribution >= 0.6 is 8.19 Å². The first kappa shape index (κ1) is 4.67. The van der Waals surface area contributed by atoms with E-state index in [1.165, 1.54) is 8.19 Å². The Morgan fingerprint density at radius 1 is 1.57 bits per heavy atom.